The first kappa shape index (κ1) is 14.4. The summed E-state index contributed by atoms with van der Waals surface area (Å²) in [5.74, 6) is 0.598. The van der Waals surface area contributed by atoms with E-state index < -0.39 is 0 Å². The van der Waals surface area contributed by atoms with Gasteiger partial charge in [0.2, 0.25) is 0 Å². The molecular formula is C14H22N2O2. The summed E-state index contributed by atoms with van der Waals surface area (Å²) < 4.78 is 5.55. The lowest BCUT2D eigenvalue weighted by atomic mass is 10.1. The van der Waals surface area contributed by atoms with E-state index in [0.717, 1.165) is 11.1 Å². The molecule has 0 heterocycles. The minimum atomic E-state index is -0.0145. The average Bonchev–Trinajstić information content (AvgIpc) is 2.29. The average molecular weight is 250 g/mol. The third kappa shape index (κ3) is 3.39. The Balaban J connectivity index is 2.72. The SMILES string of the molecule is CCN(CC)C(=O)COc1c(C)cc(C)cc1N. The summed E-state index contributed by atoms with van der Waals surface area (Å²) in [7, 11) is 0. The Hall–Kier alpha value is -1.71. The molecule has 0 aromatic heterocycles. The molecule has 1 aromatic rings. The van der Waals surface area contributed by atoms with Crippen LogP contribution in [0.1, 0.15) is 25.0 Å². The number of carbonyl (C=O) groups is 1. The van der Waals surface area contributed by atoms with Crippen LogP contribution in [0, 0.1) is 13.8 Å². The van der Waals surface area contributed by atoms with E-state index in [-0.39, 0.29) is 12.5 Å². The fraction of sp³-hybridized carbons (Fsp3) is 0.500. The zero-order chi connectivity index (χ0) is 13.7. The number of anilines is 1. The maximum absolute atomic E-state index is 11.8. The highest BCUT2D eigenvalue weighted by Crippen LogP contribution is 2.27. The zero-order valence-electron chi connectivity index (χ0n) is 11.6. The van der Waals surface area contributed by atoms with Crippen LogP contribution in [0.5, 0.6) is 5.75 Å². The summed E-state index contributed by atoms with van der Waals surface area (Å²) in [6.45, 7) is 9.24. The minimum Gasteiger partial charge on any atom is -0.481 e. The molecule has 0 saturated heterocycles. The van der Waals surface area contributed by atoms with Crippen LogP contribution in [-0.4, -0.2) is 30.5 Å². The molecule has 2 N–H and O–H groups in total. The molecule has 0 bridgehead atoms. The molecule has 1 amide bonds. The van der Waals surface area contributed by atoms with Crippen molar-refractivity contribution in [3.8, 4) is 5.75 Å². The van der Waals surface area contributed by atoms with Crippen molar-refractivity contribution in [3.05, 3.63) is 23.3 Å². The Kier molecular flexibility index (Phi) is 5.01. The smallest absolute Gasteiger partial charge is 0.260 e. The number of nitrogens with two attached hydrogens (primary N) is 1. The van der Waals surface area contributed by atoms with E-state index in [1.165, 1.54) is 0 Å². The fourth-order valence-electron chi connectivity index (χ4n) is 1.99. The molecule has 100 valence electrons. The second-order valence-corrected chi connectivity index (χ2v) is 4.35. The third-order valence-electron chi connectivity index (χ3n) is 2.90. The van der Waals surface area contributed by atoms with E-state index in [2.05, 4.69) is 0 Å². The van der Waals surface area contributed by atoms with Crippen molar-refractivity contribution < 1.29 is 9.53 Å². The molecule has 4 nitrogen and oxygen atoms in total. The highest BCUT2D eigenvalue weighted by Gasteiger charge is 2.12. The number of hydrogen-bond donors (Lipinski definition) is 1. The van der Waals surface area contributed by atoms with Gasteiger partial charge in [-0.3, -0.25) is 4.79 Å². The van der Waals surface area contributed by atoms with Crippen molar-refractivity contribution in [2.75, 3.05) is 25.4 Å². The molecule has 0 spiro atoms. The summed E-state index contributed by atoms with van der Waals surface area (Å²) >= 11 is 0. The molecule has 0 fully saturated rings. The Labute approximate surface area is 109 Å². The minimum absolute atomic E-state index is 0.0145. The number of benzene rings is 1. The standard InChI is InChI=1S/C14H22N2O2/c1-5-16(6-2)13(17)9-18-14-11(4)7-10(3)8-12(14)15/h7-8H,5-6,9,15H2,1-4H3. The second kappa shape index (κ2) is 6.28. The van der Waals surface area contributed by atoms with Gasteiger partial charge in [-0.25, -0.2) is 0 Å². The van der Waals surface area contributed by atoms with Gasteiger partial charge in [0.1, 0.15) is 5.75 Å². The van der Waals surface area contributed by atoms with Gasteiger partial charge < -0.3 is 15.4 Å². The molecule has 0 radical (unpaired) electrons. The number of rotatable bonds is 5. The van der Waals surface area contributed by atoms with Crippen molar-refractivity contribution in [1.29, 1.82) is 0 Å². The van der Waals surface area contributed by atoms with E-state index in [4.69, 9.17) is 10.5 Å². The van der Waals surface area contributed by atoms with Crippen molar-refractivity contribution in [2.45, 2.75) is 27.7 Å². The van der Waals surface area contributed by atoms with Crippen LogP contribution in [0.3, 0.4) is 0 Å². The lowest BCUT2D eigenvalue weighted by Gasteiger charge is -2.19. The molecule has 1 aromatic carbocycles. The van der Waals surface area contributed by atoms with Crippen LogP contribution in [0.15, 0.2) is 12.1 Å². The van der Waals surface area contributed by atoms with Gasteiger partial charge in [-0.15, -0.1) is 0 Å². The number of nitrogen functional groups attached to an aromatic ring is 1. The third-order valence-corrected chi connectivity index (χ3v) is 2.90. The Morgan fingerprint density at radius 2 is 1.89 bits per heavy atom. The van der Waals surface area contributed by atoms with Crippen LogP contribution in [0.4, 0.5) is 5.69 Å². The van der Waals surface area contributed by atoms with Crippen molar-refractivity contribution in [1.82, 2.24) is 4.90 Å². The Bertz CT molecular complexity index is 403. The quantitative estimate of drug-likeness (QED) is 0.814. The van der Waals surface area contributed by atoms with Gasteiger partial charge >= 0.3 is 0 Å². The van der Waals surface area contributed by atoms with Gasteiger partial charge in [0.05, 0.1) is 5.69 Å². The van der Waals surface area contributed by atoms with E-state index in [9.17, 15) is 4.79 Å². The number of ether oxygens (including phenoxy) is 1. The molecule has 0 aliphatic rings. The monoisotopic (exact) mass is 250 g/mol. The number of amides is 1. The van der Waals surface area contributed by atoms with Crippen molar-refractivity contribution in [3.63, 3.8) is 0 Å². The first-order chi connectivity index (χ1) is 8.49. The summed E-state index contributed by atoms with van der Waals surface area (Å²) in [6, 6.07) is 3.85. The molecule has 1 rings (SSSR count). The predicted octanol–water partition coefficient (Wildman–Crippen LogP) is 2.13. The predicted molar refractivity (Wildman–Crippen MR) is 73.8 cm³/mol. The summed E-state index contributed by atoms with van der Waals surface area (Å²) in [5.41, 5.74) is 8.53. The maximum Gasteiger partial charge on any atom is 0.260 e. The lowest BCUT2D eigenvalue weighted by molar-refractivity contribution is -0.132. The summed E-state index contributed by atoms with van der Waals surface area (Å²) in [4.78, 5) is 13.6. The molecule has 18 heavy (non-hydrogen) atoms. The topological polar surface area (TPSA) is 55.6 Å². The highest BCUT2D eigenvalue weighted by molar-refractivity contribution is 5.78. The van der Waals surface area contributed by atoms with Gasteiger partial charge in [-0.1, -0.05) is 6.07 Å². The molecule has 0 aliphatic carbocycles. The number of hydrogen-bond acceptors (Lipinski definition) is 3. The highest BCUT2D eigenvalue weighted by atomic mass is 16.5. The number of nitrogens with zero attached hydrogens (tertiary/aromatic N) is 1. The van der Waals surface area contributed by atoms with E-state index >= 15 is 0 Å². The van der Waals surface area contributed by atoms with Crippen LogP contribution >= 0.6 is 0 Å². The van der Waals surface area contributed by atoms with E-state index in [1.54, 1.807) is 4.90 Å². The largest absolute Gasteiger partial charge is 0.481 e. The zero-order valence-corrected chi connectivity index (χ0v) is 11.6. The molecular weight excluding hydrogens is 228 g/mol. The van der Waals surface area contributed by atoms with Gasteiger partial charge in [-0.05, 0) is 44.9 Å². The normalized spacial score (nSPS) is 10.2. The molecule has 0 aliphatic heterocycles. The number of aryl methyl sites for hydroxylation is 2. The lowest BCUT2D eigenvalue weighted by Crippen LogP contribution is -2.34. The van der Waals surface area contributed by atoms with Crippen LogP contribution in [0.2, 0.25) is 0 Å². The van der Waals surface area contributed by atoms with Crippen molar-refractivity contribution >= 4 is 11.6 Å². The molecule has 0 saturated carbocycles. The van der Waals surface area contributed by atoms with Crippen LogP contribution in [0.25, 0.3) is 0 Å². The Morgan fingerprint density at radius 1 is 1.28 bits per heavy atom. The van der Waals surface area contributed by atoms with Gasteiger partial charge in [-0.2, -0.15) is 0 Å². The van der Waals surface area contributed by atoms with Crippen molar-refractivity contribution in [2.24, 2.45) is 0 Å². The fourth-order valence-corrected chi connectivity index (χ4v) is 1.99. The Morgan fingerprint density at radius 3 is 2.39 bits per heavy atom. The van der Waals surface area contributed by atoms with E-state index in [1.807, 2.05) is 39.8 Å². The first-order valence-electron chi connectivity index (χ1n) is 6.26. The van der Waals surface area contributed by atoms with E-state index in [0.29, 0.717) is 24.5 Å². The summed E-state index contributed by atoms with van der Waals surface area (Å²) in [5, 5.41) is 0. The first-order valence-corrected chi connectivity index (χ1v) is 6.26. The van der Waals surface area contributed by atoms with Gasteiger partial charge in [0.15, 0.2) is 6.61 Å². The van der Waals surface area contributed by atoms with Crippen LogP contribution < -0.4 is 10.5 Å². The molecule has 4 heteroatoms. The molecule has 0 unspecified atom stereocenters. The van der Waals surface area contributed by atoms with Gasteiger partial charge in [0, 0.05) is 13.1 Å². The summed E-state index contributed by atoms with van der Waals surface area (Å²) in [6.07, 6.45) is 0. The van der Waals surface area contributed by atoms with Gasteiger partial charge in [0.25, 0.3) is 5.91 Å². The van der Waals surface area contributed by atoms with Crippen LogP contribution in [-0.2, 0) is 4.79 Å². The molecule has 0 atom stereocenters. The second-order valence-electron chi connectivity index (χ2n) is 4.35. The number of likely N-dealkylation sites (N-methyl/N-ethyl adjacent to an activating group) is 1. The maximum atomic E-state index is 11.8. The number of carbonyl (C=O) groups excluding carboxylic acids is 1.